The van der Waals surface area contributed by atoms with Crippen molar-refractivity contribution in [3.63, 3.8) is 0 Å². The molecular weight excluding hydrogens is 164 g/mol. The second kappa shape index (κ2) is 3.29. The average Bonchev–Trinajstić information content (AvgIpc) is 2.27. The fourth-order valence-electron chi connectivity index (χ4n) is 2.64. The number of quaternary nitrogens is 1. The summed E-state index contributed by atoms with van der Waals surface area (Å²) < 4.78 is 1.12. The van der Waals surface area contributed by atoms with E-state index in [-0.39, 0.29) is 5.91 Å². The Balaban J connectivity index is 2.11. The van der Waals surface area contributed by atoms with Crippen molar-refractivity contribution in [3.05, 3.63) is 0 Å². The highest BCUT2D eigenvalue weighted by molar-refractivity contribution is 5.76. The van der Waals surface area contributed by atoms with Crippen molar-refractivity contribution in [3.8, 4) is 0 Å². The molecule has 2 heterocycles. The van der Waals surface area contributed by atoms with Crippen LogP contribution in [0.15, 0.2) is 0 Å². The molecule has 2 aliphatic rings. The van der Waals surface area contributed by atoms with Gasteiger partial charge in [-0.2, -0.15) is 0 Å². The number of rotatable bonds is 0. The number of hydrogen-bond acceptors (Lipinski definition) is 1. The van der Waals surface area contributed by atoms with E-state index in [0.717, 1.165) is 17.6 Å². The van der Waals surface area contributed by atoms with Crippen molar-refractivity contribution in [2.45, 2.75) is 31.7 Å². The molecule has 2 fully saturated rings. The van der Waals surface area contributed by atoms with E-state index in [1.807, 2.05) is 0 Å². The first-order valence-electron chi connectivity index (χ1n) is 5.32. The molecule has 3 nitrogen and oxygen atoms in total. The molecule has 0 spiro atoms. The maximum atomic E-state index is 11.2. The number of carbonyl (C=O) groups is 1. The third kappa shape index (κ3) is 1.70. The first kappa shape index (κ1) is 9.00. The Bertz CT molecular complexity index is 217. The minimum absolute atomic E-state index is 0.244. The van der Waals surface area contributed by atoms with Crippen LogP contribution in [0.3, 0.4) is 0 Å². The molecule has 13 heavy (non-hydrogen) atoms. The van der Waals surface area contributed by atoms with Crippen LogP contribution in [0.25, 0.3) is 0 Å². The van der Waals surface area contributed by atoms with Gasteiger partial charge in [0.1, 0.15) is 6.04 Å². The van der Waals surface area contributed by atoms with Gasteiger partial charge in [0.05, 0.1) is 33.1 Å². The summed E-state index contributed by atoms with van der Waals surface area (Å²) in [6, 6.07) is 0.681. The van der Waals surface area contributed by atoms with Gasteiger partial charge in [0, 0.05) is 6.42 Å². The highest BCUT2D eigenvalue weighted by Gasteiger charge is 2.37. The van der Waals surface area contributed by atoms with Crippen LogP contribution in [0.2, 0.25) is 0 Å². The van der Waals surface area contributed by atoms with Gasteiger partial charge in [-0.05, 0) is 12.8 Å². The summed E-state index contributed by atoms with van der Waals surface area (Å²) in [5.41, 5.74) is 0. The Morgan fingerprint density at radius 1 is 1.38 bits per heavy atom. The van der Waals surface area contributed by atoms with Crippen molar-refractivity contribution in [1.29, 1.82) is 0 Å². The summed E-state index contributed by atoms with van der Waals surface area (Å²) in [5, 5.41) is 3.01. The molecule has 2 unspecified atom stereocenters. The molecule has 3 heteroatoms. The SMILES string of the molecule is C[N+]12CCCCC1CNC(=O)CC2. The Labute approximate surface area is 79.7 Å². The monoisotopic (exact) mass is 183 g/mol. The van der Waals surface area contributed by atoms with Crippen molar-refractivity contribution in [2.75, 3.05) is 26.7 Å². The number of carbonyl (C=O) groups excluding carboxylic acids is 1. The average molecular weight is 183 g/mol. The van der Waals surface area contributed by atoms with Gasteiger partial charge in [-0.3, -0.25) is 4.79 Å². The van der Waals surface area contributed by atoms with Crippen molar-refractivity contribution in [1.82, 2.24) is 5.32 Å². The van der Waals surface area contributed by atoms with Crippen LogP contribution in [0.4, 0.5) is 0 Å². The number of fused-ring (bicyclic) bond motifs is 1. The first-order valence-corrected chi connectivity index (χ1v) is 5.32. The topological polar surface area (TPSA) is 29.1 Å². The van der Waals surface area contributed by atoms with E-state index < -0.39 is 0 Å². The highest BCUT2D eigenvalue weighted by atomic mass is 16.1. The van der Waals surface area contributed by atoms with Crippen LogP contribution in [0.5, 0.6) is 0 Å². The zero-order valence-electron chi connectivity index (χ0n) is 8.38. The maximum absolute atomic E-state index is 11.2. The lowest BCUT2D eigenvalue weighted by molar-refractivity contribution is -0.935. The zero-order chi connectivity index (χ0) is 9.31. The smallest absolute Gasteiger partial charge is 0.225 e. The predicted molar refractivity (Wildman–Crippen MR) is 51.2 cm³/mol. The largest absolute Gasteiger partial charge is 0.350 e. The van der Waals surface area contributed by atoms with Gasteiger partial charge in [-0.25, -0.2) is 0 Å². The molecule has 0 bridgehead atoms. The highest BCUT2D eigenvalue weighted by Crippen LogP contribution is 2.25. The van der Waals surface area contributed by atoms with Crippen LogP contribution >= 0.6 is 0 Å². The van der Waals surface area contributed by atoms with Gasteiger partial charge in [-0.1, -0.05) is 0 Å². The normalized spacial score (nSPS) is 40.4. The molecular formula is C10H19N2O+. The van der Waals surface area contributed by atoms with Gasteiger partial charge in [0.25, 0.3) is 0 Å². The van der Waals surface area contributed by atoms with E-state index in [1.54, 1.807) is 0 Å². The molecule has 1 N–H and O–H groups in total. The lowest BCUT2D eigenvalue weighted by Crippen LogP contribution is -2.57. The standard InChI is InChI=1S/C10H18N2O/c1-12-6-3-2-4-9(12)8-11-10(13)5-7-12/h9H,2-8H2,1H3/p+1. The van der Waals surface area contributed by atoms with Crippen LogP contribution < -0.4 is 5.32 Å². The second-order valence-corrected chi connectivity index (χ2v) is 4.63. The summed E-state index contributed by atoms with van der Waals surface area (Å²) in [5.74, 6) is 0.244. The molecule has 0 aromatic carbocycles. The molecule has 74 valence electrons. The van der Waals surface area contributed by atoms with Crippen molar-refractivity contribution in [2.24, 2.45) is 0 Å². The molecule has 1 amide bonds. The third-order valence-corrected chi connectivity index (χ3v) is 3.72. The fourth-order valence-corrected chi connectivity index (χ4v) is 2.64. The third-order valence-electron chi connectivity index (χ3n) is 3.72. The van der Waals surface area contributed by atoms with Gasteiger partial charge < -0.3 is 9.80 Å². The molecule has 2 aliphatic heterocycles. The molecule has 0 aromatic rings. The van der Waals surface area contributed by atoms with Gasteiger partial charge in [0.15, 0.2) is 0 Å². The number of hydrogen-bond donors (Lipinski definition) is 1. The molecule has 0 aromatic heterocycles. The first-order chi connectivity index (χ1) is 6.21. The summed E-state index contributed by atoms with van der Waals surface area (Å²) in [6.07, 6.45) is 4.68. The Hall–Kier alpha value is -0.570. The number of nitrogens with zero attached hydrogens (tertiary/aromatic N) is 1. The van der Waals surface area contributed by atoms with E-state index in [2.05, 4.69) is 12.4 Å². The van der Waals surface area contributed by atoms with Crippen molar-refractivity contribution < 1.29 is 9.28 Å². The maximum Gasteiger partial charge on any atom is 0.225 e. The van der Waals surface area contributed by atoms with E-state index in [9.17, 15) is 4.79 Å². The molecule has 0 aliphatic carbocycles. The van der Waals surface area contributed by atoms with Crippen LogP contribution in [-0.2, 0) is 4.79 Å². The number of amides is 1. The summed E-state index contributed by atoms with van der Waals surface area (Å²) in [4.78, 5) is 11.2. The van der Waals surface area contributed by atoms with E-state index in [4.69, 9.17) is 0 Å². The lowest BCUT2D eigenvalue weighted by Gasteiger charge is -2.43. The van der Waals surface area contributed by atoms with E-state index in [1.165, 1.54) is 25.8 Å². The summed E-state index contributed by atoms with van der Waals surface area (Å²) in [7, 11) is 2.31. The number of likely N-dealkylation sites (N-methyl/N-ethyl adjacent to an activating group) is 1. The molecule has 0 radical (unpaired) electrons. The predicted octanol–water partition coefficient (Wildman–Crippen LogP) is 0.505. The van der Waals surface area contributed by atoms with Crippen LogP contribution in [-0.4, -0.2) is 43.1 Å². The Morgan fingerprint density at radius 3 is 3.08 bits per heavy atom. The lowest BCUT2D eigenvalue weighted by atomic mass is 9.99. The molecule has 2 rings (SSSR count). The summed E-state index contributed by atoms with van der Waals surface area (Å²) in [6.45, 7) is 3.20. The van der Waals surface area contributed by atoms with Gasteiger partial charge in [0.2, 0.25) is 5.91 Å². The van der Waals surface area contributed by atoms with Crippen LogP contribution in [0.1, 0.15) is 25.7 Å². The van der Waals surface area contributed by atoms with Crippen molar-refractivity contribution >= 4 is 5.91 Å². The van der Waals surface area contributed by atoms with E-state index >= 15 is 0 Å². The molecule has 2 atom stereocenters. The van der Waals surface area contributed by atoms with Gasteiger partial charge in [-0.15, -0.1) is 0 Å². The minimum Gasteiger partial charge on any atom is -0.350 e. The minimum atomic E-state index is 0.244. The Morgan fingerprint density at radius 2 is 2.23 bits per heavy atom. The number of nitrogens with one attached hydrogen (secondary N) is 1. The van der Waals surface area contributed by atoms with E-state index in [0.29, 0.717) is 12.5 Å². The fraction of sp³-hybridized carbons (Fsp3) is 0.900. The quantitative estimate of drug-likeness (QED) is 0.545. The zero-order valence-corrected chi connectivity index (χ0v) is 8.38. The molecule has 2 saturated heterocycles. The number of piperidine rings is 1. The molecule has 0 saturated carbocycles. The summed E-state index contributed by atoms with van der Waals surface area (Å²) >= 11 is 0. The second-order valence-electron chi connectivity index (χ2n) is 4.63. The Kier molecular flexibility index (Phi) is 2.28. The van der Waals surface area contributed by atoms with Gasteiger partial charge >= 0.3 is 0 Å². The van der Waals surface area contributed by atoms with Crippen LogP contribution in [0, 0.1) is 0 Å².